The van der Waals surface area contributed by atoms with Crippen LogP contribution in [0.1, 0.15) is 316 Å². The lowest BCUT2D eigenvalue weighted by Gasteiger charge is -2.33. The number of unbranched alkanes of at least 4 members (excludes halogenated alkanes) is 42. The molecule has 0 saturated carbocycles. The lowest BCUT2D eigenvalue weighted by atomic mass is 10.0. The molecule has 1 rings (SSSR count). The Balaban J connectivity index is 2.19. The highest BCUT2D eigenvalue weighted by atomic mass is 15.4. The average molecular weight is 785 g/mol. The summed E-state index contributed by atoms with van der Waals surface area (Å²) in [6.45, 7) is 9.50. The molecular weight excluding hydrogens is 677 g/mol. The zero-order chi connectivity index (χ0) is 40.1. The second-order valence-corrected chi connectivity index (χ2v) is 18.9. The molecule has 1 unspecified atom stereocenters. The first-order valence-corrected chi connectivity index (χ1v) is 27.0. The van der Waals surface area contributed by atoms with Crippen LogP contribution in [0.2, 0.25) is 0 Å². The molecule has 1 heterocycles. The third-order valence-electron chi connectivity index (χ3n) is 13.3. The van der Waals surface area contributed by atoms with Gasteiger partial charge >= 0.3 is 0 Å². The Morgan fingerprint density at radius 3 is 0.625 bits per heavy atom. The molecule has 0 aliphatic carbocycles. The van der Waals surface area contributed by atoms with Crippen molar-refractivity contribution in [3.8, 4) is 0 Å². The van der Waals surface area contributed by atoms with E-state index >= 15 is 0 Å². The molecule has 0 amide bonds. The van der Waals surface area contributed by atoms with E-state index in [2.05, 4.69) is 43.0 Å². The van der Waals surface area contributed by atoms with Crippen LogP contribution in [0.4, 0.5) is 0 Å². The molecule has 0 radical (unpaired) electrons. The molecule has 56 heavy (non-hydrogen) atoms. The van der Waals surface area contributed by atoms with Crippen LogP contribution in [-0.4, -0.2) is 29.1 Å². The third-order valence-corrected chi connectivity index (χ3v) is 13.3. The van der Waals surface area contributed by atoms with Gasteiger partial charge in [0.25, 0.3) is 0 Å². The van der Waals surface area contributed by atoms with Gasteiger partial charge in [-0.25, -0.2) is 0 Å². The predicted molar refractivity (Wildman–Crippen MR) is 256 cm³/mol. The summed E-state index contributed by atoms with van der Waals surface area (Å²) in [5.41, 5.74) is 0. The van der Waals surface area contributed by atoms with E-state index in [4.69, 9.17) is 0 Å². The van der Waals surface area contributed by atoms with Crippen molar-refractivity contribution in [2.45, 2.75) is 322 Å². The molecule has 0 aromatic rings. The van der Waals surface area contributed by atoms with Gasteiger partial charge in [-0.3, -0.25) is 0 Å². The molecule has 334 valence electrons. The average Bonchev–Trinajstić information content (AvgIpc) is 3.59. The molecule has 0 aromatic heterocycles. The summed E-state index contributed by atoms with van der Waals surface area (Å²) in [6, 6.07) is 0. The first kappa shape index (κ1) is 53.4. The molecule has 2 nitrogen and oxygen atoms in total. The van der Waals surface area contributed by atoms with Gasteiger partial charge in [0.2, 0.25) is 0 Å². The molecule has 2 heteroatoms. The second kappa shape index (κ2) is 45.4. The standard InChI is InChI=1S/C54H108N2/c1-4-7-10-13-16-19-22-25-27-28-29-31-34-37-40-43-46-49-54-55(50-47-44-41-38-35-32-24-21-18-15-12-9-6-3)52-53-56(54)51-48-45-42-39-36-33-30-26-23-20-17-14-11-8-5-2/h52-54H,4-51H2,1-3H3. The van der Waals surface area contributed by atoms with Crippen molar-refractivity contribution in [1.82, 2.24) is 9.80 Å². The largest absolute Gasteiger partial charge is 0.356 e. The summed E-state index contributed by atoms with van der Waals surface area (Å²) < 4.78 is 0. The van der Waals surface area contributed by atoms with E-state index in [1.165, 1.54) is 308 Å². The minimum absolute atomic E-state index is 0.635. The van der Waals surface area contributed by atoms with Gasteiger partial charge in [0.1, 0.15) is 6.17 Å². The van der Waals surface area contributed by atoms with Gasteiger partial charge in [-0.05, 0) is 25.7 Å². The van der Waals surface area contributed by atoms with E-state index in [9.17, 15) is 0 Å². The van der Waals surface area contributed by atoms with Crippen LogP contribution in [0.15, 0.2) is 12.4 Å². The summed E-state index contributed by atoms with van der Waals surface area (Å²) in [5, 5.41) is 0. The van der Waals surface area contributed by atoms with Gasteiger partial charge < -0.3 is 9.80 Å². The highest BCUT2D eigenvalue weighted by Crippen LogP contribution is 2.24. The molecule has 0 aromatic carbocycles. The van der Waals surface area contributed by atoms with Crippen LogP contribution in [-0.2, 0) is 0 Å². The van der Waals surface area contributed by atoms with E-state index in [1.807, 2.05) is 0 Å². The SMILES string of the molecule is CCCCCCCCCCCCCCCCCCCC1N(CCCCCCCCCCCCCCC)C=CN1CCCCCCCCCCCCCCCCC. The van der Waals surface area contributed by atoms with E-state index in [0.717, 1.165) is 0 Å². The Kier molecular flexibility index (Phi) is 43.3. The van der Waals surface area contributed by atoms with Gasteiger partial charge in [-0.1, -0.05) is 290 Å². The Bertz CT molecular complexity index is 747. The number of nitrogens with zero attached hydrogens (tertiary/aromatic N) is 2. The van der Waals surface area contributed by atoms with Gasteiger partial charge in [-0.2, -0.15) is 0 Å². The van der Waals surface area contributed by atoms with E-state index < -0.39 is 0 Å². The summed E-state index contributed by atoms with van der Waals surface area (Å²) in [5.74, 6) is 0. The zero-order valence-electron chi connectivity index (χ0n) is 39.6. The molecule has 0 spiro atoms. The van der Waals surface area contributed by atoms with Crippen molar-refractivity contribution in [2.24, 2.45) is 0 Å². The quantitative estimate of drug-likeness (QED) is 0.0567. The van der Waals surface area contributed by atoms with Crippen LogP contribution in [0.25, 0.3) is 0 Å². The third kappa shape index (κ3) is 36.4. The molecule has 1 aliphatic heterocycles. The normalized spacial score (nSPS) is 14.2. The Hall–Kier alpha value is -0.660. The molecular formula is C54H108N2. The summed E-state index contributed by atoms with van der Waals surface area (Å²) in [6.07, 6.45) is 72.3. The van der Waals surface area contributed by atoms with Crippen molar-refractivity contribution in [2.75, 3.05) is 13.1 Å². The van der Waals surface area contributed by atoms with Gasteiger partial charge in [0.05, 0.1) is 0 Å². The second-order valence-electron chi connectivity index (χ2n) is 18.9. The molecule has 0 saturated heterocycles. The maximum Gasteiger partial charge on any atom is 0.101 e. The van der Waals surface area contributed by atoms with Gasteiger partial charge in [-0.15, -0.1) is 0 Å². The van der Waals surface area contributed by atoms with Crippen LogP contribution < -0.4 is 0 Å². The fraction of sp³-hybridized carbons (Fsp3) is 0.963. The van der Waals surface area contributed by atoms with Crippen molar-refractivity contribution in [3.05, 3.63) is 12.4 Å². The molecule has 0 bridgehead atoms. The van der Waals surface area contributed by atoms with E-state index in [1.54, 1.807) is 0 Å². The van der Waals surface area contributed by atoms with Crippen molar-refractivity contribution < 1.29 is 0 Å². The number of rotatable bonds is 48. The lowest BCUT2D eigenvalue weighted by Crippen LogP contribution is -2.39. The van der Waals surface area contributed by atoms with Crippen molar-refractivity contribution >= 4 is 0 Å². The van der Waals surface area contributed by atoms with E-state index in [0.29, 0.717) is 6.17 Å². The smallest absolute Gasteiger partial charge is 0.101 e. The maximum atomic E-state index is 2.75. The lowest BCUT2D eigenvalue weighted by molar-refractivity contribution is 0.135. The maximum absolute atomic E-state index is 2.75. The van der Waals surface area contributed by atoms with Crippen LogP contribution in [0.3, 0.4) is 0 Å². The first-order valence-electron chi connectivity index (χ1n) is 27.0. The predicted octanol–water partition coefficient (Wildman–Crippen LogP) is 19.4. The summed E-state index contributed by atoms with van der Waals surface area (Å²) in [4.78, 5) is 5.49. The Morgan fingerprint density at radius 1 is 0.232 bits per heavy atom. The Labute approximate surface area is 356 Å². The van der Waals surface area contributed by atoms with Gasteiger partial charge in [0.15, 0.2) is 0 Å². The minimum atomic E-state index is 0.635. The number of hydrogen-bond donors (Lipinski definition) is 0. The highest BCUT2D eigenvalue weighted by Gasteiger charge is 2.25. The van der Waals surface area contributed by atoms with Crippen LogP contribution >= 0.6 is 0 Å². The highest BCUT2D eigenvalue weighted by molar-refractivity contribution is 4.97. The summed E-state index contributed by atoms with van der Waals surface area (Å²) >= 11 is 0. The van der Waals surface area contributed by atoms with Crippen molar-refractivity contribution in [3.63, 3.8) is 0 Å². The molecule has 0 fully saturated rings. The zero-order valence-corrected chi connectivity index (χ0v) is 39.6. The van der Waals surface area contributed by atoms with Crippen molar-refractivity contribution in [1.29, 1.82) is 0 Å². The number of hydrogen-bond acceptors (Lipinski definition) is 2. The fourth-order valence-corrected chi connectivity index (χ4v) is 9.37. The monoisotopic (exact) mass is 785 g/mol. The molecule has 0 N–H and O–H groups in total. The van der Waals surface area contributed by atoms with Crippen LogP contribution in [0.5, 0.6) is 0 Å². The van der Waals surface area contributed by atoms with Gasteiger partial charge in [0, 0.05) is 25.5 Å². The molecule has 1 atom stereocenters. The first-order chi connectivity index (χ1) is 27.8. The van der Waals surface area contributed by atoms with E-state index in [-0.39, 0.29) is 0 Å². The topological polar surface area (TPSA) is 6.48 Å². The summed E-state index contributed by atoms with van der Waals surface area (Å²) in [7, 11) is 0. The molecule has 1 aliphatic rings. The van der Waals surface area contributed by atoms with Crippen LogP contribution in [0, 0.1) is 0 Å². The Morgan fingerprint density at radius 2 is 0.411 bits per heavy atom. The fourth-order valence-electron chi connectivity index (χ4n) is 9.37. The minimum Gasteiger partial charge on any atom is -0.356 e.